The summed E-state index contributed by atoms with van der Waals surface area (Å²) in [6.07, 6.45) is 0.458. The Morgan fingerprint density at radius 3 is 2.17 bits per heavy atom. The number of hydrogen-bond acceptors (Lipinski definition) is 3. The van der Waals surface area contributed by atoms with Crippen molar-refractivity contribution in [2.24, 2.45) is 0 Å². The van der Waals surface area contributed by atoms with Crippen LogP contribution in [0.2, 0.25) is 0 Å². The van der Waals surface area contributed by atoms with Crippen LogP contribution in [-0.2, 0) is 20.2 Å². The van der Waals surface area contributed by atoms with Crippen molar-refractivity contribution in [2.45, 2.75) is 51.3 Å². The molecule has 0 N–H and O–H groups in total. The van der Waals surface area contributed by atoms with Gasteiger partial charge in [-0.2, -0.15) is 4.31 Å². The van der Waals surface area contributed by atoms with Crippen molar-refractivity contribution in [1.82, 2.24) is 9.21 Å². The Labute approximate surface area is 145 Å². The predicted octanol–water partition coefficient (Wildman–Crippen LogP) is 2.54. The molecule has 0 bridgehead atoms. The minimum Gasteiger partial charge on any atom is -0.340 e. The number of benzene rings is 1. The van der Waals surface area contributed by atoms with Gasteiger partial charge in [-0.15, -0.1) is 0 Å². The number of carbonyl (C=O) groups excluding carboxylic acids is 1. The summed E-state index contributed by atoms with van der Waals surface area (Å²) in [5.41, 5.74) is 1.88. The summed E-state index contributed by atoms with van der Waals surface area (Å²) < 4.78 is 27.4. The van der Waals surface area contributed by atoms with Crippen LogP contribution in [0.3, 0.4) is 0 Å². The first-order valence-electron chi connectivity index (χ1n) is 8.46. The summed E-state index contributed by atoms with van der Waals surface area (Å²) in [5.74, 6) is 0.0813. The highest BCUT2D eigenvalue weighted by Crippen LogP contribution is 2.28. The highest BCUT2D eigenvalue weighted by atomic mass is 32.2. The average Bonchev–Trinajstić information content (AvgIpc) is 2.53. The summed E-state index contributed by atoms with van der Waals surface area (Å²) in [7, 11) is -3.52. The molecule has 134 valence electrons. The van der Waals surface area contributed by atoms with Crippen LogP contribution in [-0.4, -0.2) is 49.7 Å². The van der Waals surface area contributed by atoms with Gasteiger partial charge in [0.25, 0.3) is 0 Å². The number of rotatable bonds is 3. The van der Waals surface area contributed by atoms with Gasteiger partial charge < -0.3 is 4.90 Å². The van der Waals surface area contributed by atoms with Crippen molar-refractivity contribution in [2.75, 3.05) is 26.2 Å². The molecule has 0 aromatic heterocycles. The van der Waals surface area contributed by atoms with Crippen molar-refractivity contribution in [3.05, 3.63) is 29.3 Å². The topological polar surface area (TPSA) is 57.7 Å². The van der Waals surface area contributed by atoms with Gasteiger partial charge in [-0.25, -0.2) is 8.42 Å². The second-order valence-corrected chi connectivity index (χ2v) is 9.28. The third kappa shape index (κ3) is 3.81. The van der Waals surface area contributed by atoms with Gasteiger partial charge in [0.05, 0.1) is 4.90 Å². The number of aryl methyl sites for hydroxylation is 1. The fraction of sp³-hybridized carbons (Fsp3) is 0.611. The van der Waals surface area contributed by atoms with E-state index in [1.54, 1.807) is 11.0 Å². The third-order valence-corrected chi connectivity index (χ3v) is 6.61. The molecule has 1 saturated heterocycles. The van der Waals surface area contributed by atoms with Gasteiger partial charge in [0.15, 0.2) is 0 Å². The maximum Gasteiger partial charge on any atom is 0.243 e. The zero-order chi connectivity index (χ0) is 18.1. The summed E-state index contributed by atoms with van der Waals surface area (Å²) in [6.45, 7) is 11.6. The Balaban J connectivity index is 2.21. The van der Waals surface area contributed by atoms with Crippen molar-refractivity contribution in [3.63, 3.8) is 0 Å². The van der Waals surface area contributed by atoms with Gasteiger partial charge in [0.2, 0.25) is 15.9 Å². The molecule has 1 aliphatic rings. The van der Waals surface area contributed by atoms with E-state index in [1.165, 1.54) is 4.31 Å². The van der Waals surface area contributed by atoms with E-state index in [2.05, 4.69) is 20.8 Å². The van der Waals surface area contributed by atoms with Gasteiger partial charge in [-0.3, -0.25) is 4.79 Å². The molecule has 24 heavy (non-hydrogen) atoms. The first kappa shape index (κ1) is 18.9. The SMILES string of the molecule is CCC(=O)N1CCN(S(=O)(=O)c2ccc(C(C)(C)C)cc2C)CC1. The van der Waals surface area contributed by atoms with Crippen LogP contribution in [0.25, 0.3) is 0 Å². The van der Waals surface area contributed by atoms with Crippen LogP contribution in [0.4, 0.5) is 0 Å². The molecule has 0 radical (unpaired) electrons. The van der Waals surface area contributed by atoms with Crippen LogP contribution in [0.15, 0.2) is 23.1 Å². The minimum absolute atomic E-state index is 0.0147. The molecule has 1 aromatic rings. The summed E-state index contributed by atoms with van der Waals surface area (Å²) in [5, 5.41) is 0. The van der Waals surface area contributed by atoms with Gasteiger partial charge in [0.1, 0.15) is 0 Å². The number of hydrogen-bond donors (Lipinski definition) is 0. The number of piperazine rings is 1. The standard InChI is InChI=1S/C18H28N2O3S/c1-6-17(21)19-9-11-20(12-10-19)24(22,23)16-8-7-15(13-14(16)2)18(3,4)5/h7-8,13H,6,9-12H2,1-5H3. The highest BCUT2D eigenvalue weighted by molar-refractivity contribution is 7.89. The van der Waals surface area contributed by atoms with E-state index in [-0.39, 0.29) is 11.3 Å². The molecule has 0 atom stereocenters. The first-order chi connectivity index (χ1) is 11.1. The highest BCUT2D eigenvalue weighted by Gasteiger charge is 2.31. The van der Waals surface area contributed by atoms with E-state index in [4.69, 9.17) is 0 Å². The van der Waals surface area contributed by atoms with Crippen molar-refractivity contribution >= 4 is 15.9 Å². The number of nitrogens with zero attached hydrogens (tertiary/aromatic N) is 2. The van der Waals surface area contributed by atoms with Crippen LogP contribution in [0.1, 0.15) is 45.2 Å². The number of sulfonamides is 1. The largest absolute Gasteiger partial charge is 0.340 e. The fourth-order valence-electron chi connectivity index (χ4n) is 2.95. The molecule has 0 aliphatic carbocycles. The lowest BCUT2D eigenvalue weighted by atomic mass is 9.86. The molecule has 0 unspecified atom stereocenters. The molecule has 1 aliphatic heterocycles. The summed E-state index contributed by atoms with van der Waals surface area (Å²) in [6, 6.07) is 5.58. The van der Waals surface area contributed by atoms with Crippen LogP contribution < -0.4 is 0 Å². The monoisotopic (exact) mass is 352 g/mol. The van der Waals surface area contributed by atoms with Gasteiger partial charge in [0, 0.05) is 32.6 Å². The molecule has 0 spiro atoms. The van der Waals surface area contributed by atoms with Crippen molar-refractivity contribution < 1.29 is 13.2 Å². The van der Waals surface area contributed by atoms with E-state index in [0.717, 1.165) is 11.1 Å². The molecule has 0 saturated carbocycles. The zero-order valence-electron chi connectivity index (χ0n) is 15.3. The van der Waals surface area contributed by atoms with Crippen LogP contribution in [0, 0.1) is 6.92 Å². The fourth-order valence-corrected chi connectivity index (χ4v) is 4.57. The van der Waals surface area contributed by atoms with Gasteiger partial charge >= 0.3 is 0 Å². The molecular formula is C18H28N2O3S. The molecule has 1 fully saturated rings. The Morgan fingerprint density at radius 1 is 1.12 bits per heavy atom. The molecule has 2 rings (SSSR count). The summed E-state index contributed by atoms with van der Waals surface area (Å²) in [4.78, 5) is 13.8. The lowest BCUT2D eigenvalue weighted by Gasteiger charge is -2.34. The summed E-state index contributed by atoms with van der Waals surface area (Å²) >= 11 is 0. The number of amides is 1. The second kappa shape index (κ2) is 6.84. The molecular weight excluding hydrogens is 324 g/mol. The molecule has 1 heterocycles. The maximum atomic E-state index is 12.9. The van der Waals surface area contributed by atoms with Crippen molar-refractivity contribution in [1.29, 1.82) is 0 Å². The predicted molar refractivity (Wildman–Crippen MR) is 95.5 cm³/mol. The smallest absolute Gasteiger partial charge is 0.243 e. The molecule has 1 aromatic carbocycles. The Hall–Kier alpha value is -1.40. The lowest BCUT2D eigenvalue weighted by molar-refractivity contribution is -0.132. The van der Waals surface area contributed by atoms with E-state index in [1.807, 2.05) is 26.0 Å². The van der Waals surface area contributed by atoms with E-state index < -0.39 is 10.0 Å². The zero-order valence-corrected chi connectivity index (χ0v) is 16.1. The maximum absolute atomic E-state index is 12.9. The first-order valence-corrected chi connectivity index (χ1v) is 9.90. The number of carbonyl (C=O) groups is 1. The Morgan fingerprint density at radius 2 is 1.71 bits per heavy atom. The van der Waals surface area contributed by atoms with Crippen LogP contribution in [0.5, 0.6) is 0 Å². The van der Waals surface area contributed by atoms with Gasteiger partial charge in [-0.1, -0.05) is 39.8 Å². The Bertz CT molecular complexity index is 712. The third-order valence-electron chi connectivity index (χ3n) is 4.55. The molecule has 6 heteroatoms. The second-order valence-electron chi connectivity index (χ2n) is 7.37. The minimum atomic E-state index is -3.52. The van der Waals surface area contributed by atoms with Gasteiger partial charge in [-0.05, 0) is 29.5 Å². The normalized spacial score (nSPS) is 17.1. The van der Waals surface area contributed by atoms with Crippen molar-refractivity contribution in [3.8, 4) is 0 Å². The van der Waals surface area contributed by atoms with E-state index in [9.17, 15) is 13.2 Å². The van der Waals surface area contributed by atoms with E-state index in [0.29, 0.717) is 37.5 Å². The van der Waals surface area contributed by atoms with E-state index >= 15 is 0 Å². The molecule has 1 amide bonds. The average molecular weight is 353 g/mol. The quantitative estimate of drug-likeness (QED) is 0.840. The Kier molecular flexibility index (Phi) is 5.40. The molecule has 5 nitrogen and oxygen atoms in total. The lowest BCUT2D eigenvalue weighted by Crippen LogP contribution is -2.50. The van der Waals surface area contributed by atoms with Crippen LogP contribution >= 0.6 is 0 Å².